The van der Waals surface area contributed by atoms with Crippen LogP contribution in [0.15, 0.2) is 42.5 Å². The molecule has 39 heavy (non-hydrogen) atoms. The molecule has 2 N–H and O–H groups in total. The molecule has 0 saturated carbocycles. The second-order valence-electron chi connectivity index (χ2n) is 12.2. The van der Waals surface area contributed by atoms with E-state index >= 15 is 0 Å². The average molecular weight is 543 g/mol. The van der Waals surface area contributed by atoms with E-state index < -0.39 is 11.2 Å². The number of unbranched alkanes of at least 4 members (excludes halogenated alkanes) is 3. The number of hydrogen-bond donors (Lipinski definition) is 2. The van der Waals surface area contributed by atoms with E-state index in [0.717, 1.165) is 51.6 Å². The van der Waals surface area contributed by atoms with Crippen molar-refractivity contribution in [3.8, 4) is 5.75 Å². The molecule has 2 fully saturated rings. The summed E-state index contributed by atoms with van der Waals surface area (Å²) in [6, 6.07) is 9.84. The molecule has 1 aromatic rings. The van der Waals surface area contributed by atoms with E-state index in [9.17, 15) is 9.59 Å². The summed E-state index contributed by atoms with van der Waals surface area (Å²) in [5.74, 6) is 0.559. The number of para-hydroxylation sites is 1. The molecule has 3 rings (SSSR count). The quantitative estimate of drug-likeness (QED) is 0.191. The second kappa shape index (κ2) is 14.8. The van der Waals surface area contributed by atoms with Gasteiger partial charge in [0.05, 0.1) is 0 Å². The van der Waals surface area contributed by atoms with Crippen molar-refractivity contribution in [2.24, 2.45) is 11.8 Å². The largest absolute Gasteiger partial charge is 0.482 e. The van der Waals surface area contributed by atoms with Gasteiger partial charge in [-0.1, -0.05) is 44.0 Å². The van der Waals surface area contributed by atoms with Gasteiger partial charge in [0.2, 0.25) is 0 Å². The van der Waals surface area contributed by atoms with Gasteiger partial charge in [-0.15, -0.1) is 0 Å². The van der Waals surface area contributed by atoms with Crippen molar-refractivity contribution in [3.05, 3.63) is 42.5 Å². The molecule has 0 aliphatic carbocycles. The van der Waals surface area contributed by atoms with Gasteiger partial charge in [0.1, 0.15) is 17.0 Å². The first-order valence-electron chi connectivity index (χ1n) is 14.9. The Morgan fingerprint density at radius 3 is 2.08 bits per heavy atom. The highest BCUT2D eigenvalue weighted by Crippen LogP contribution is 2.36. The van der Waals surface area contributed by atoms with Crippen molar-refractivity contribution >= 4 is 11.9 Å². The highest BCUT2D eigenvalue weighted by molar-refractivity contribution is 5.82. The van der Waals surface area contributed by atoms with Gasteiger partial charge < -0.3 is 24.8 Å². The van der Waals surface area contributed by atoms with Crippen LogP contribution in [0.1, 0.15) is 86.0 Å². The monoisotopic (exact) mass is 542 g/mol. The average Bonchev–Trinajstić information content (AvgIpc) is 2.92. The number of rotatable bonds is 13. The molecule has 2 heterocycles. The standard InChI is InChI=1S/C32H50N2O5/c1-6-7-8-9-13-16-29(35)38-31(2,3)24-17-19-33-27(21-24)28-22-25(18-20-34-28)32(4,5)39-30(36)23-37-26-14-11-10-12-15-26/h10-16,24-25,27-28,33-34H,6-9,17-23H2,1-5H3/b16-13+. The Hall–Kier alpha value is -2.38. The lowest BCUT2D eigenvalue weighted by atomic mass is 9.74. The molecular weight excluding hydrogens is 492 g/mol. The van der Waals surface area contributed by atoms with Crippen molar-refractivity contribution in [1.82, 2.24) is 10.6 Å². The molecule has 0 bridgehead atoms. The summed E-state index contributed by atoms with van der Waals surface area (Å²) in [4.78, 5) is 25.1. The minimum Gasteiger partial charge on any atom is -0.482 e. The fraction of sp³-hybridized carbons (Fsp3) is 0.688. The maximum absolute atomic E-state index is 12.6. The fourth-order valence-electron chi connectivity index (χ4n) is 5.91. The van der Waals surface area contributed by atoms with Gasteiger partial charge in [-0.2, -0.15) is 0 Å². The Morgan fingerprint density at radius 2 is 1.49 bits per heavy atom. The van der Waals surface area contributed by atoms with E-state index in [1.54, 1.807) is 6.08 Å². The highest BCUT2D eigenvalue weighted by atomic mass is 16.6. The van der Waals surface area contributed by atoms with Crippen LogP contribution in [-0.4, -0.2) is 54.9 Å². The summed E-state index contributed by atoms with van der Waals surface area (Å²) in [5, 5.41) is 7.41. The van der Waals surface area contributed by atoms with Crippen LogP contribution < -0.4 is 15.4 Å². The van der Waals surface area contributed by atoms with Crippen molar-refractivity contribution < 1.29 is 23.8 Å². The SMILES string of the molecule is CCCCC/C=C/C(=O)OC(C)(C)C1CCNC(C2CC(C(C)(C)OC(=O)COc3ccccc3)CCN2)C1. The molecule has 7 heteroatoms. The van der Waals surface area contributed by atoms with E-state index in [4.69, 9.17) is 14.2 Å². The number of benzene rings is 1. The lowest BCUT2D eigenvalue weighted by Gasteiger charge is -2.46. The van der Waals surface area contributed by atoms with E-state index in [2.05, 4.69) is 17.6 Å². The molecule has 2 saturated heterocycles. The van der Waals surface area contributed by atoms with Gasteiger partial charge in [-0.3, -0.25) is 0 Å². The number of allylic oxidation sites excluding steroid dienone is 1. The molecule has 0 radical (unpaired) electrons. The van der Waals surface area contributed by atoms with Crippen LogP contribution in [0.3, 0.4) is 0 Å². The van der Waals surface area contributed by atoms with Gasteiger partial charge >= 0.3 is 11.9 Å². The van der Waals surface area contributed by atoms with E-state index in [-0.39, 0.29) is 42.5 Å². The molecule has 4 atom stereocenters. The molecule has 0 amide bonds. The Morgan fingerprint density at radius 1 is 0.897 bits per heavy atom. The van der Waals surface area contributed by atoms with Gasteiger partial charge in [0, 0.05) is 30.0 Å². The number of carbonyl (C=O) groups excluding carboxylic acids is 2. The van der Waals surface area contributed by atoms with Gasteiger partial charge in [0.25, 0.3) is 0 Å². The number of ether oxygens (including phenoxy) is 3. The number of nitrogens with one attached hydrogen (secondary N) is 2. The summed E-state index contributed by atoms with van der Waals surface area (Å²) < 4.78 is 17.5. The van der Waals surface area contributed by atoms with E-state index in [1.165, 1.54) is 12.8 Å². The summed E-state index contributed by atoms with van der Waals surface area (Å²) in [7, 11) is 0. The van der Waals surface area contributed by atoms with Crippen LogP contribution in [0.25, 0.3) is 0 Å². The Labute approximate surface area is 235 Å². The first-order valence-corrected chi connectivity index (χ1v) is 14.9. The zero-order valence-electron chi connectivity index (χ0n) is 24.7. The van der Waals surface area contributed by atoms with Crippen LogP contribution in [-0.2, 0) is 19.1 Å². The Kier molecular flexibility index (Phi) is 11.9. The Bertz CT molecular complexity index is 930. The van der Waals surface area contributed by atoms with Crippen molar-refractivity contribution in [2.45, 2.75) is 109 Å². The highest BCUT2D eigenvalue weighted by Gasteiger charge is 2.42. The maximum atomic E-state index is 12.6. The second-order valence-corrected chi connectivity index (χ2v) is 12.2. The lowest BCUT2D eigenvalue weighted by Crippen LogP contribution is -2.58. The predicted molar refractivity (Wildman–Crippen MR) is 155 cm³/mol. The third-order valence-corrected chi connectivity index (χ3v) is 8.40. The molecule has 4 unspecified atom stereocenters. The molecule has 1 aromatic carbocycles. The lowest BCUT2D eigenvalue weighted by molar-refractivity contribution is -0.166. The van der Waals surface area contributed by atoms with Gasteiger partial charge in [-0.05, 0) is 91.4 Å². The zero-order valence-corrected chi connectivity index (χ0v) is 24.7. The summed E-state index contributed by atoms with van der Waals surface area (Å²) >= 11 is 0. The topological polar surface area (TPSA) is 85.9 Å². The number of hydrogen-bond acceptors (Lipinski definition) is 7. The van der Waals surface area contributed by atoms with Crippen molar-refractivity contribution in [2.75, 3.05) is 19.7 Å². The first-order chi connectivity index (χ1) is 18.6. The van der Waals surface area contributed by atoms with Crippen molar-refractivity contribution in [1.29, 1.82) is 0 Å². The smallest absolute Gasteiger partial charge is 0.344 e. The van der Waals surface area contributed by atoms with Crippen LogP contribution >= 0.6 is 0 Å². The molecular formula is C32H50N2O5. The van der Waals surface area contributed by atoms with Crippen LogP contribution in [0.5, 0.6) is 5.75 Å². The van der Waals surface area contributed by atoms with E-state index in [1.807, 2.05) is 64.1 Å². The van der Waals surface area contributed by atoms with Crippen LogP contribution in [0.2, 0.25) is 0 Å². The van der Waals surface area contributed by atoms with Crippen LogP contribution in [0.4, 0.5) is 0 Å². The minimum absolute atomic E-state index is 0.102. The molecule has 218 valence electrons. The number of esters is 2. The molecule has 2 aliphatic rings. The first kappa shape index (κ1) is 31.2. The third-order valence-electron chi connectivity index (χ3n) is 8.40. The van der Waals surface area contributed by atoms with Gasteiger partial charge in [-0.25, -0.2) is 9.59 Å². The molecule has 0 spiro atoms. The molecule has 0 aromatic heterocycles. The third kappa shape index (κ3) is 9.95. The van der Waals surface area contributed by atoms with Crippen molar-refractivity contribution in [3.63, 3.8) is 0 Å². The zero-order chi connectivity index (χ0) is 28.3. The Balaban J connectivity index is 1.50. The summed E-state index contributed by atoms with van der Waals surface area (Å²) in [5.41, 5.74) is -1.13. The number of piperidine rings is 2. The molecule has 2 aliphatic heterocycles. The fourth-order valence-corrected chi connectivity index (χ4v) is 5.91. The summed E-state index contributed by atoms with van der Waals surface area (Å²) in [6.45, 7) is 11.9. The van der Waals surface area contributed by atoms with E-state index in [0.29, 0.717) is 5.75 Å². The number of carbonyl (C=O) groups is 2. The maximum Gasteiger partial charge on any atom is 0.344 e. The minimum atomic E-state index is -0.593. The summed E-state index contributed by atoms with van der Waals surface area (Å²) in [6.07, 6.45) is 11.7. The normalized spacial score (nSPS) is 24.3. The van der Waals surface area contributed by atoms with Gasteiger partial charge in [0.15, 0.2) is 6.61 Å². The molecule has 7 nitrogen and oxygen atoms in total. The van der Waals surface area contributed by atoms with Crippen LogP contribution in [0, 0.1) is 11.8 Å². The predicted octanol–water partition coefficient (Wildman–Crippen LogP) is 5.58.